The number of pyridine rings is 1. The normalized spacial score (nSPS) is 8.67. The van der Waals surface area contributed by atoms with Crippen molar-refractivity contribution in [2.75, 3.05) is 0 Å². The zero-order valence-corrected chi connectivity index (χ0v) is 8.85. The molecule has 1 rings (SSSR count). The predicted molar refractivity (Wildman–Crippen MR) is 49.1 cm³/mol. The number of aromatic nitrogens is 1. The van der Waals surface area contributed by atoms with Crippen LogP contribution in [0.1, 0.15) is 11.1 Å². The third-order valence-electron chi connectivity index (χ3n) is 1.17. The molecule has 12 heavy (non-hydrogen) atoms. The summed E-state index contributed by atoms with van der Waals surface area (Å²) in [7, 11) is 0. The first-order chi connectivity index (χ1) is 5.69. The lowest BCUT2D eigenvalue weighted by atomic mass is 10.2. The minimum Gasteiger partial charge on any atom is -0.231 e. The van der Waals surface area contributed by atoms with Gasteiger partial charge in [0.15, 0.2) is 0 Å². The Morgan fingerprint density at radius 3 is 1.83 bits per heavy atom. The van der Waals surface area contributed by atoms with Crippen molar-refractivity contribution in [3.8, 4) is 12.1 Å². The number of nitrogens with zero attached hydrogens (tertiary/aromatic N) is 3. The molecule has 0 N–H and O–H groups in total. The number of hydrogen-bond acceptors (Lipinski definition) is 3. The molecule has 0 saturated heterocycles. The zero-order chi connectivity index (χ0) is 9.14. The molecule has 58 valence electrons. The Bertz CT molecular complexity index is 365. The van der Waals surface area contributed by atoms with Crippen LogP contribution in [0.15, 0.2) is 15.3 Å². The highest BCUT2D eigenvalue weighted by molar-refractivity contribution is 9.11. The topological polar surface area (TPSA) is 60.5 Å². The van der Waals surface area contributed by atoms with Crippen LogP contribution in [0.5, 0.6) is 0 Å². The van der Waals surface area contributed by atoms with E-state index in [-0.39, 0.29) is 0 Å². The van der Waals surface area contributed by atoms with E-state index in [0.29, 0.717) is 20.3 Å². The molecule has 1 heterocycles. The van der Waals surface area contributed by atoms with Crippen molar-refractivity contribution >= 4 is 31.9 Å². The monoisotopic (exact) mass is 285 g/mol. The average Bonchev–Trinajstić information content (AvgIpc) is 2.05. The summed E-state index contributed by atoms with van der Waals surface area (Å²) in [6.45, 7) is 0. The van der Waals surface area contributed by atoms with Gasteiger partial charge in [-0.15, -0.1) is 0 Å². The molecule has 0 spiro atoms. The van der Waals surface area contributed by atoms with Crippen LogP contribution >= 0.6 is 31.9 Å². The Morgan fingerprint density at radius 2 is 1.50 bits per heavy atom. The van der Waals surface area contributed by atoms with Gasteiger partial charge in [-0.05, 0) is 37.9 Å². The van der Waals surface area contributed by atoms with E-state index in [9.17, 15) is 0 Å². The van der Waals surface area contributed by atoms with Crippen molar-refractivity contribution < 1.29 is 0 Å². The molecular formula is C7HBr2N3. The fourth-order valence-corrected chi connectivity index (χ4v) is 1.63. The summed E-state index contributed by atoms with van der Waals surface area (Å²) in [5.41, 5.74) is 0.713. The van der Waals surface area contributed by atoms with Crippen LogP contribution < -0.4 is 0 Å². The van der Waals surface area contributed by atoms with Crippen LogP contribution in [0.4, 0.5) is 0 Å². The van der Waals surface area contributed by atoms with E-state index < -0.39 is 0 Å². The fraction of sp³-hybridized carbons (Fsp3) is 0. The van der Waals surface area contributed by atoms with E-state index >= 15 is 0 Å². The van der Waals surface area contributed by atoms with Crippen molar-refractivity contribution in [1.82, 2.24) is 4.98 Å². The molecule has 0 fully saturated rings. The van der Waals surface area contributed by atoms with Gasteiger partial charge in [0.05, 0.1) is 11.1 Å². The highest BCUT2D eigenvalue weighted by Crippen LogP contribution is 2.20. The fourth-order valence-electron chi connectivity index (χ4n) is 0.627. The standard InChI is InChI=1S/C7HBr2N3/c8-6-4(2-10)1-5(3-11)7(9)12-6/h1H. The molecule has 0 atom stereocenters. The van der Waals surface area contributed by atoms with Gasteiger partial charge in [-0.25, -0.2) is 4.98 Å². The van der Waals surface area contributed by atoms with Gasteiger partial charge < -0.3 is 0 Å². The van der Waals surface area contributed by atoms with Gasteiger partial charge >= 0.3 is 0 Å². The molecule has 3 nitrogen and oxygen atoms in total. The van der Waals surface area contributed by atoms with Gasteiger partial charge in [-0.3, -0.25) is 0 Å². The van der Waals surface area contributed by atoms with E-state index in [2.05, 4.69) is 36.8 Å². The van der Waals surface area contributed by atoms with Crippen LogP contribution in [-0.2, 0) is 0 Å². The Labute approximate surface area is 85.9 Å². The molecule has 1 aromatic rings. The lowest BCUT2D eigenvalue weighted by molar-refractivity contribution is 1.19. The van der Waals surface area contributed by atoms with Crippen molar-refractivity contribution in [2.24, 2.45) is 0 Å². The second kappa shape index (κ2) is 3.66. The van der Waals surface area contributed by atoms with Crippen molar-refractivity contribution in [1.29, 1.82) is 10.5 Å². The predicted octanol–water partition coefficient (Wildman–Crippen LogP) is 2.35. The van der Waals surface area contributed by atoms with Crippen LogP contribution in [0, 0.1) is 22.7 Å². The average molecular weight is 287 g/mol. The number of halogens is 2. The lowest BCUT2D eigenvalue weighted by Gasteiger charge is -1.96. The van der Waals surface area contributed by atoms with E-state index in [1.54, 1.807) is 0 Å². The van der Waals surface area contributed by atoms with Crippen molar-refractivity contribution in [3.63, 3.8) is 0 Å². The third kappa shape index (κ3) is 1.63. The Morgan fingerprint density at radius 1 is 1.08 bits per heavy atom. The molecule has 5 heteroatoms. The van der Waals surface area contributed by atoms with E-state index in [4.69, 9.17) is 10.5 Å². The molecule has 0 bridgehead atoms. The first kappa shape index (κ1) is 9.18. The molecule has 1 aromatic heterocycles. The highest BCUT2D eigenvalue weighted by Gasteiger charge is 2.06. The van der Waals surface area contributed by atoms with E-state index in [1.165, 1.54) is 6.07 Å². The van der Waals surface area contributed by atoms with Crippen molar-refractivity contribution in [2.45, 2.75) is 0 Å². The molecule has 0 aliphatic heterocycles. The minimum absolute atomic E-state index is 0.356. The van der Waals surface area contributed by atoms with Gasteiger partial charge in [0.2, 0.25) is 0 Å². The van der Waals surface area contributed by atoms with Gasteiger partial charge in [-0.2, -0.15) is 10.5 Å². The summed E-state index contributed by atoms with van der Waals surface area (Å²) in [6.07, 6.45) is 0. The smallest absolute Gasteiger partial charge is 0.125 e. The molecule has 0 radical (unpaired) electrons. The zero-order valence-electron chi connectivity index (χ0n) is 5.67. The number of rotatable bonds is 0. The summed E-state index contributed by atoms with van der Waals surface area (Å²) in [5, 5.41) is 17.2. The first-order valence-corrected chi connectivity index (χ1v) is 4.44. The van der Waals surface area contributed by atoms with Gasteiger partial charge in [-0.1, -0.05) is 0 Å². The maximum atomic E-state index is 8.58. The van der Waals surface area contributed by atoms with Crippen LogP contribution in [-0.4, -0.2) is 4.98 Å². The Balaban J connectivity index is 3.42. The quantitative estimate of drug-likeness (QED) is 0.688. The summed E-state index contributed by atoms with van der Waals surface area (Å²) >= 11 is 6.20. The van der Waals surface area contributed by atoms with Crippen LogP contribution in [0.2, 0.25) is 0 Å². The number of nitriles is 2. The Kier molecular flexibility index (Phi) is 2.80. The summed E-state index contributed by atoms with van der Waals surface area (Å²) in [6, 6.07) is 5.31. The molecule has 0 unspecified atom stereocenters. The third-order valence-corrected chi connectivity index (χ3v) is 2.38. The molecule has 0 saturated carbocycles. The largest absolute Gasteiger partial charge is 0.231 e. The van der Waals surface area contributed by atoms with Gasteiger partial charge in [0, 0.05) is 0 Å². The maximum absolute atomic E-state index is 8.58. The van der Waals surface area contributed by atoms with Crippen LogP contribution in [0.25, 0.3) is 0 Å². The second-order valence-corrected chi connectivity index (χ2v) is 3.39. The summed E-state index contributed by atoms with van der Waals surface area (Å²) in [5.74, 6) is 0. The molecule has 0 aromatic carbocycles. The molecule has 0 aliphatic rings. The minimum atomic E-state index is 0.356. The Hall–Kier alpha value is -0.910. The molecular weight excluding hydrogens is 286 g/mol. The van der Waals surface area contributed by atoms with E-state index in [1.807, 2.05) is 12.1 Å². The van der Waals surface area contributed by atoms with Gasteiger partial charge in [0.25, 0.3) is 0 Å². The second-order valence-electron chi connectivity index (χ2n) is 1.89. The van der Waals surface area contributed by atoms with Gasteiger partial charge in [0.1, 0.15) is 21.3 Å². The maximum Gasteiger partial charge on any atom is 0.125 e. The van der Waals surface area contributed by atoms with Crippen molar-refractivity contribution in [3.05, 3.63) is 26.4 Å². The van der Waals surface area contributed by atoms with Crippen LogP contribution in [0.3, 0.4) is 0 Å². The summed E-state index contributed by atoms with van der Waals surface area (Å²) in [4.78, 5) is 3.90. The first-order valence-electron chi connectivity index (χ1n) is 2.85. The molecule has 0 amide bonds. The molecule has 0 aliphatic carbocycles. The summed E-state index contributed by atoms with van der Waals surface area (Å²) < 4.78 is 0.881. The SMILES string of the molecule is N#Cc1cc(C#N)c(Br)nc1Br. The highest BCUT2D eigenvalue weighted by atomic mass is 79.9. The number of hydrogen-bond donors (Lipinski definition) is 0. The lowest BCUT2D eigenvalue weighted by Crippen LogP contribution is -1.88. The van der Waals surface area contributed by atoms with E-state index in [0.717, 1.165) is 0 Å².